The third kappa shape index (κ3) is 1.73. The molecule has 2 aromatic rings. The summed E-state index contributed by atoms with van der Waals surface area (Å²) in [6.45, 7) is 4.99. The highest BCUT2D eigenvalue weighted by molar-refractivity contribution is 5.81. The van der Waals surface area contributed by atoms with Crippen LogP contribution in [0.3, 0.4) is 0 Å². The average Bonchev–Trinajstić information content (AvgIpc) is 2.61. The fraction of sp³-hybridized carbons (Fsp3) is 0.500. The van der Waals surface area contributed by atoms with E-state index in [1.165, 1.54) is 6.33 Å². The summed E-state index contributed by atoms with van der Waals surface area (Å²) in [6, 6.07) is 0. The van der Waals surface area contributed by atoms with Crippen molar-refractivity contribution in [1.29, 1.82) is 0 Å². The van der Waals surface area contributed by atoms with E-state index >= 15 is 0 Å². The van der Waals surface area contributed by atoms with Gasteiger partial charge in [0.2, 0.25) is 0 Å². The summed E-state index contributed by atoms with van der Waals surface area (Å²) in [4.78, 5) is 8.09. The van der Waals surface area contributed by atoms with Gasteiger partial charge >= 0.3 is 0 Å². The number of fused-ring (bicyclic) bond motifs is 1. The second-order valence-electron chi connectivity index (χ2n) is 3.70. The van der Waals surface area contributed by atoms with Gasteiger partial charge in [0.05, 0.1) is 0 Å². The van der Waals surface area contributed by atoms with E-state index in [0.29, 0.717) is 22.9 Å². The molecule has 2 aromatic heterocycles. The van der Waals surface area contributed by atoms with Gasteiger partial charge in [-0.05, 0) is 5.92 Å². The molecule has 3 N–H and O–H groups in total. The summed E-state index contributed by atoms with van der Waals surface area (Å²) >= 11 is 0. The van der Waals surface area contributed by atoms with Gasteiger partial charge in [-0.25, -0.2) is 20.5 Å². The molecule has 2 heterocycles. The maximum Gasteiger partial charge on any atom is 0.183 e. The molecule has 15 heavy (non-hydrogen) atoms. The normalized spacial score (nSPS) is 11.2. The molecule has 0 aliphatic rings. The standard InChI is InChI=1S/C8H13N7/c1-5(2)3-15-8-6(13-14-15)7(12-9)10-4-11-8/h4-5H,3,9H2,1-2H3,(H,10,11,12). The predicted octanol–water partition coefficient (Wildman–Crippen LogP) is 0.163. The third-order valence-corrected chi connectivity index (χ3v) is 1.97. The van der Waals surface area contributed by atoms with Crippen molar-refractivity contribution in [2.24, 2.45) is 11.8 Å². The Balaban J connectivity index is 2.51. The molecule has 0 aliphatic carbocycles. The summed E-state index contributed by atoms with van der Waals surface area (Å²) < 4.78 is 1.75. The van der Waals surface area contributed by atoms with Crippen LogP contribution >= 0.6 is 0 Å². The quantitative estimate of drug-likeness (QED) is 0.550. The lowest BCUT2D eigenvalue weighted by molar-refractivity contribution is 0.480. The van der Waals surface area contributed by atoms with Crippen molar-refractivity contribution in [3.63, 3.8) is 0 Å². The van der Waals surface area contributed by atoms with Crippen molar-refractivity contribution in [1.82, 2.24) is 25.0 Å². The van der Waals surface area contributed by atoms with Crippen molar-refractivity contribution in [3.05, 3.63) is 6.33 Å². The smallest absolute Gasteiger partial charge is 0.183 e. The van der Waals surface area contributed by atoms with Gasteiger partial charge < -0.3 is 5.43 Å². The Morgan fingerprint density at radius 2 is 2.27 bits per heavy atom. The van der Waals surface area contributed by atoms with Crippen LogP contribution in [0.5, 0.6) is 0 Å². The highest BCUT2D eigenvalue weighted by atomic mass is 15.4. The van der Waals surface area contributed by atoms with Gasteiger partial charge in [0.1, 0.15) is 6.33 Å². The van der Waals surface area contributed by atoms with Crippen LogP contribution in [0.2, 0.25) is 0 Å². The average molecular weight is 207 g/mol. The number of hydrogen-bond acceptors (Lipinski definition) is 6. The first-order chi connectivity index (χ1) is 7.22. The lowest BCUT2D eigenvalue weighted by Crippen LogP contribution is -2.10. The minimum absolute atomic E-state index is 0.485. The number of nitrogens with zero attached hydrogens (tertiary/aromatic N) is 5. The molecule has 0 amide bonds. The van der Waals surface area contributed by atoms with Crippen molar-refractivity contribution in [2.75, 3.05) is 5.43 Å². The first-order valence-corrected chi connectivity index (χ1v) is 4.73. The molecule has 0 radical (unpaired) electrons. The van der Waals surface area contributed by atoms with E-state index in [1.54, 1.807) is 4.68 Å². The van der Waals surface area contributed by atoms with Crippen LogP contribution in [0.1, 0.15) is 13.8 Å². The molecule has 0 fully saturated rings. The Morgan fingerprint density at radius 3 is 2.93 bits per heavy atom. The number of hydrogen-bond donors (Lipinski definition) is 2. The van der Waals surface area contributed by atoms with E-state index in [2.05, 4.69) is 39.6 Å². The van der Waals surface area contributed by atoms with Gasteiger partial charge in [-0.15, -0.1) is 5.10 Å². The van der Waals surface area contributed by atoms with Gasteiger partial charge in [-0.2, -0.15) is 0 Å². The third-order valence-electron chi connectivity index (χ3n) is 1.97. The van der Waals surface area contributed by atoms with Crippen molar-refractivity contribution < 1.29 is 0 Å². The molecule has 7 heteroatoms. The van der Waals surface area contributed by atoms with Crippen LogP contribution < -0.4 is 11.3 Å². The number of nitrogens with two attached hydrogens (primary N) is 1. The highest BCUT2D eigenvalue weighted by Crippen LogP contribution is 2.15. The summed E-state index contributed by atoms with van der Waals surface area (Å²) in [5, 5.41) is 8.00. The monoisotopic (exact) mass is 207 g/mol. The van der Waals surface area contributed by atoms with E-state index in [0.717, 1.165) is 6.54 Å². The van der Waals surface area contributed by atoms with Crippen molar-refractivity contribution in [2.45, 2.75) is 20.4 Å². The Bertz CT molecular complexity index is 461. The van der Waals surface area contributed by atoms with Crippen molar-refractivity contribution >= 4 is 17.0 Å². The van der Waals surface area contributed by atoms with Gasteiger partial charge in [0, 0.05) is 6.54 Å². The van der Waals surface area contributed by atoms with Crippen LogP contribution in [0, 0.1) is 5.92 Å². The molecule has 2 rings (SSSR count). The van der Waals surface area contributed by atoms with Crippen LogP contribution in [0.25, 0.3) is 11.2 Å². The molecule has 0 saturated carbocycles. The van der Waals surface area contributed by atoms with Crippen LogP contribution in [-0.4, -0.2) is 25.0 Å². The van der Waals surface area contributed by atoms with E-state index in [-0.39, 0.29) is 0 Å². The molecule has 0 saturated heterocycles. The molecule has 0 spiro atoms. The van der Waals surface area contributed by atoms with Gasteiger partial charge in [-0.1, -0.05) is 19.1 Å². The van der Waals surface area contributed by atoms with Crippen LogP contribution in [0.4, 0.5) is 5.82 Å². The zero-order valence-corrected chi connectivity index (χ0v) is 8.68. The van der Waals surface area contributed by atoms with Gasteiger partial charge in [-0.3, -0.25) is 0 Å². The second-order valence-corrected chi connectivity index (χ2v) is 3.70. The molecule has 80 valence electrons. The first-order valence-electron chi connectivity index (χ1n) is 4.73. The number of rotatable bonds is 3. The number of hydrazine groups is 1. The fourth-order valence-corrected chi connectivity index (χ4v) is 1.37. The Hall–Kier alpha value is -1.76. The number of anilines is 1. The first kappa shape index (κ1) is 9.78. The molecular formula is C8H13N7. The van der Waals surface area contributed by atoms with Crippen LogP contribution in [-0.2, 0) is 6.54 Å². The minimum Gasteiger partial charge on any atom is -0.306 e. The lowest BCUT2D eigenvalue weighted by atomic mass is 10.2. The zero-order chi connectivity index (χ0) is 10.8. The second kappa shape index (κ2) is 3.77. The largest absolute Gasteiger partial charge is 0.306 e. The van der Waals surface area contributed by atoms with E-state index in [4.69, 9.17) is 5.84 Å². The maximum absolute atomic E-state index is 5.31. The van der Waals surface area contributed by atoms with E-state index in [9.17, 15) is 0 Å². The van der Waals surface area contributed by atoms with E-state index in [1.807, 2.05) is 0 Å². The van der Waals surface area contributed by atoms with Crippen LogP contribution in [0.15, 0.2) is 6.33 Å². The summed E-state index contributed by atoms with van der Waals surface area (Å²) in [5.41, 5.74) is 3.77. The predicted molar refractivity (Wildman–Crippen MR) is 55.8 cm³/mol. The molecule has 0 bridgehead atoms. The molecular weight excluding hydrogens is 194 g/mol. The molecule has 0 aromatic carbocycles. The maximum atomic E-state index is 5.31. The molecule has 0 atom stereocenters. The Morgan fingerprint density at radius 1 is 1.47 bits per heavy atom. The number of nitrogens with one attached hydrogen (secondary N) is 1. The Kier molecular flexibility index (Phi) is 2.46. The van der Waals surface area contributed by atoms with Crippen molar-refractivity contribution in [3.8, 4) is 0 Å². The highest BCUT2D eigenvalue weighted by Gasteiger charge is 2.11. The minimum atomic E-state index is 0.485. The zero-order valence-electron chi connectivity index (χ0n) is 8.68. The lowest BCUT2D eigenvalue weighted by Gasteiger charge is -2.04. The topological polar surface area (TPSA) is 94.5 Å². The molecule has 0 unspecified atom stereocenters. The fourth-order valence-electron chi connectivity index (χ4n) is 1.37. The summed E-state index contributed by atoms with van der Waals surface area (Å²) in [6.07, 6.45) is 1.44. The summed E-state index contributed by atoms with van der Waals surface area (Å²) in [5.74, 6) is 6.29. The number of aromatic nitrogens is 5. The number of nitrogen functional groups attached to an aromatic ring is 1. The Labute approximate surface area is 86.7 Å². The van der Waals surface area contributed by atoms with Gasteiger partial charge in [0.15, 0.2) is 17.0 Å². The summed E-state index contributed by atoms with van der Waals surface area (Å²) in [7, 11) is 0. The molecule has 0 aliphatic heterocycles. The van der Waals surface area contributed by atoms with Gasteiger partial charge in [0.25, 0.3) is 0 Å². The van der Waals surface area contributed by atoms with E-state index < -0.39 is 0 Å². The molecule has 7 nitrogen and oxygen atoms in total. The SMILES string of the molecule is CC(C)Cn1nnc2c(NN)ncnc21.